The van der Waals surface area contributed by atoms with E-state index >= 15 is 0 Å². The van der Waals surface area contributed by atoms with E-state index in [-0.39, 0.29) is 17.1 Å². The van der Waals surface area contributed by atoms with Gasteiger partial charge in [-0.1, -0.05) is 13.0 Å². The van der Waals surface area contributed by atoms with Gasteiger partial charge in [0.25, 0.3) is 0 Å². The van der Waals surface area contributed by atoms with E-state index in [0.29, 0.717) is 12.1 Å². The van der Waals surface area contributed by atoms with Gasteiger partial charge in [-0.25, -0.2) is 4.39 Å². The Kier molecular flexibility index (Phi) is 4.56. The fourth-order valence-corrected chi connectivity index (χ4v) is 1.75. The van der Waals surface area contributed by atoms with Gasteiger partial charge in [0.2, 0.25) is 0 Å². The summed E-state index contributed by atoms with van der Waals surface area (Å²) >= 11 is 1.33. The SMILES string of the molecule is CCSCC(=O)c1ccc(C(F)(F)F)c(F)c1. The molecule has 0 aliphatic rings. The van der Waals surface area contributed by atoms with E-state index in [4.69, 9.17) is 0 Å². The molecule has 0 amide bonds. The number of hydrogen-bond donors (Lipinski definition) is 0. The molecule has 0 radical (unpaired) electrons. The van der Waals surface area contributed by atoms with Gasteiger partial charge >= 0.3 is 6.18 Å². The summed E-state index contributed by atoms with van der Waals surface area (Å²) in [5.74, 6) is -0.926. The Balaban J connectivity index is 2.93. The smallest absolute Gasteiger partial charge is 0.293 e. The van der Waals surface area contributed by atoms with Gasteiger partial charge in [-0.05, 0) is 17.9 Å². The Labute approximate surface area is 100 Å². The van der Waals surface area contributed by atoms with Crippen LogP contribution in [0.15, 0.2) is 18.2 Å². The van der Waals surface area contributed by atoms with Crippen molar-refractivity contribution >= 4 is 17.5 Å². The van der Waals surface area contributed by atoms with Crippen LogP contribution in [-0.2, 0) is 6.18 Å². The standard InChI is InChI=1S/C11H10F4OS/c1-2-17-6-10(16)7-3-4-8(9(12)5-7)11(13,14)15/h3-5H,2,6H2,1H3. The zero-order valence-electron chi connectivity index (χ0n) is 8.97. The molecule has 0 bridgehead atoms. The van der Waals surface area contributed by atoms with Crippen LogP contribution in [0.3, 0.4) is 0 Å². The van der Waals surface area contributed by atoms with Crippen LogP contribution in [0.5, 0.6) is 0 Å². The fourth-order valence-electron chi connectivity index (χ4n) is 1.20. The van der Waals surface area contributed by atoms with Gasteiger partial charge in [-0.3, -0.25) is 4.79 Å². The van der Waals surface area contributed by atoms with E-state index in [9.17, 15) is 22.4 Å². The molecule has 0 saturated carbocycles. The van der Waals surface area contributed by atoms with Crippen molar-refractivity contribution in [2.45, 2.75) is 13.1 Å². The summed E-state index contributed by atoms with van der Waals surface area (Å²) in [5, 5.41) is 0. The molecule has 0 spiro atoms. The Morgan fingerprint density at radius 1 is 1.35 bits per heavy atom. The van der Waals surface area contributed by atoms with Crippen LogP contribution < -0.4 is 0 Å². The van der Waals surface area contributed by atoms with Crippen molar-refractivity contribution in [2.24, 2.45) is 0 Å². The van der Waals surface area contributed by atoms with E-state index in [1.54, 1.807) is 0 Å². The third-order valence-electron chi connectivity index (χ3n) is 2.03. The minimum Gasteiger partial charge on any atom is -0.293 e. The van der Waals surface area contributed by atoms with Crippen LogP contribution in [0.1, 0.15) is 22.8 Å². The Morgan fingerprint density at radius 3 is 2.47 bits per heavy atom. The summed E-state index contributed by atoms with van der Waals surface area (Å²) in [7, 11) is 0. The maximum Gasteiger partial charge on any atom is 0.419 e. The first kappa shape index (κ1) is 14.0. The van der Waals surface area contributed by atoms with E-state index in [1.165, 1.54) is 11.8 Å². The molecule has 1 nitrogen and oxygen atoms in total. The first-order valence-corrected chi connectivity index (χ1v) is 5.99. The number of carbonyl (C=O) groups excluding carboxylic acids is 1. The van der Waals surface area contributed by atoms with Crippen molar-refractivity contribution in [3.05, 3.63) is 35.1 Å². The second-order valence-corrected chi connectivity index (χ2v) is 4.53. The molecular formula is C11H10F4OS. The van der Waals surface area contributed by atoms with E-state index in [1.807, 2.05) is 6.92 Å². The third kappa shape index (κ3) is 3.73. The number of carbonyl (C=O) groups is 1. The predicted molar refractivity (Wildman–Crippen MR) is 58.7 cm³/mol. The second-order valence-electron chi connectivity index (χ2n) is 3.25. The molecule has 6 heteroatoms. The highest BCUT2D eigenvalue weighted by atomic mass is 32.2. The Hall–Kier alpha value is -1.04. The molecule has 0 aromatic heterocycles. The molecule has 0 fully saturated rings. The van der Waals surface area contributed by atoms with E-state index in [2.05, 4.69) is 0 Å². The van der Waals surface area contributed by atoms with Crippen LogP contribution in [0.2, 0.25) is 0 Å². The number of thioether (sulfide) groups is 1. The molecular weight excluding hydrogens is 256 g/mol. The van der Waals surface area contributed by atoms with Crippen molar-refractivity contribution in [1.29, 1.82) is 0 Å². The molecule has 0 heterocycles. The lowest BCUT2D eigenvalue weighted by Crippen LogP contribution is -2.10. The number of alkyl halides is 3. The molecule has 0 unspecified atom stereocenters. The van der Waals surface area contributed by atoms with Gasteiger partial charge in [0.05, 0.1) is 11.3 Å². The molecule has 1 aromatic rings. The molecule has 0 atom stereocenters. The summed E-state index contributed by atoms with van der Waals surface area (Å²) in [4.78, 5) is 11.4. The maximum absolute atomic E-state index is 13.1. The number of benzene rings is 1. The van der Waals surface area contributed by atoms with E-state index < -0.39 is 17.6 Å². The Morgan fingerprint density at radius 2 is 2.00 bits per heavy atom. The average Bonchev–Trinajstić information content (AvgIpc) is 2.23. The van der Waals surface area contributed by atoms with Crippen LogP contribution in [0.25, 0.3) is 0 Å². The number of halogens is 4. The van der Waals surface area contributed by atoms with Gasteiger partial charge in [-0.2, -0.15) is 24.9 Å². The highest BCUT2D eigenvalue weighted by molar-refractivity contribution is 7.99. The van der Waals surface area contributed by atoms with Crippen LogP contribution in [0, 0.1) is 5.82 Å². The molecule has 1 rings (SSSR count). The minimum absolute atomic E-state index is 0.0311. The number of hydrogen-bond acceptors (Lipinski definition) is 2. The lowest BCUT2D eigenvalue weighted by molar-refractivity contribution is -0.140. The fraction of sp³-hybridized carbons (Fsp3) is 0.364. The lowest BCUT2D eigenvalue weighted by atomic mass is 10.1. The highest BCUT2D eigenvalue weighted by Crippen LogP contribution is 2.31. The lowest BCUT2D eigenvalue weighted by Gasteiger charge is -2.08. The maximum atomic E-state index is 13.1. The summed E-state index contributed by atoms with van der Waals surface area (Å²) in [6.07, 6.45) is -4.73. The van der Waals surface area contributed by atoms with Crippen molar-refractivity contribution < 1.29 is 22.4 Å². The zero-order valence-corrected chi connectivity index (χ0v) is 9.79. The zero-order chi connectivity index (χ0) is 13.1. The topological polar surface area (TPSA) is 17.1 Å². The molecule has 0 saturated heterocycles. The average molecular weight is 266 g/mol. The molecule has 17 heavy (non-hydrogen) atoms. The molecule has 0 aliphatic carbocycles. The summed E-state index contributed by atoms with van der Waals surface area (Å²) < 4.78 is 49.9. The largest absolute Gasteiger partial charge is 0.419 e. The van der Waals surface area contributed by atoms with Crippen LogP contribution in [-0.4, -0.2) is 17.3 Å². The minimum atomic E-state index is -4.73. The van der Waals surface area contributed by atoms with Crippen LogP contribution in [0.4, 0.5) is 17.6 Å². The van der Waals surface area contributed by atoms with Crippen molar-refractivity contribution in [1.82, 2.24) is 0 Å². The van der Waals surface area contributed by atoms with Gasteiger partial charge in [0, 0.05) is 5.56 Å². The van der Waals surface area contributed by atoms with Crippen molar-refractivity contribution in [3.63, 3.8) is 0 Å². The van der Waals surface area contributed by atoms with E-state index in [0.717, 1.165) is 11.8 Å². The van der Waals surface area contributed by atoms with Crippen LogP contribution >= 0.6 is 11.8 Å². The quantitative estimate of drug-likeness (QED) is 0.609. The molecule has 1 aromatic carbocycles. The predicted octanol–water partition coefficient (Wildman–Crippen LogP) is 3.78. The van der Waals surface area contributed by atoms with Gasteiger partial charge in [-0.15, -0.1) is 0 Å². The molecule has 94 valence electrons. The normalized spacial score (nSPS) is 11.6. The number of ketones is 1. The van der Waals surface area contributed by atoms with Gasteiger partial charge < -0.3 is 0 Å². The van der Waals surface area contributed by atoms with Gasteiger partial charge in [0.1, 0.15) is 5.82 Å². The Bertz CT molecular complexity index is 414. The molecule has 0 N–H and O–H groups in total. The second kappa shape index (κ2) is 5.53. The van der Waals surface area contributed by atoms with Crippen molar-refractivity contribution in [2.75, 3.05) is 11.5 Å². The summed E-state index contributed by atoms with van der Waals surface area (Å²) in [6.45, 7) is 1.85. The summed E-state index contributed by atoms with van der Waals surface area (Å²) in [6, 6.07) is 2.24. The van der Waals surface area contributed by atoms with Gasteiger partial charge in [0.15, 0.2) is 5.78 Å². The third-order valence-corrected chi connectivity index (χ3v) is 2.91. The number of Topliss-reactive ketones (excluding diaryl/α,β-unsaturated/α-hetero) is 1. The highest BCUT2D eigenvalue weighted by Gasteiger charge is 2.34. The van der Waals surface area contributed by atoms with Crippen molar-refractivity contribution in [3.8, 4) is 0 Å². The monoisotopic (exact) mass is 266 g/mol. The molecule has 0 aliphatic heterocycles. The number of rotatable bonds is 4. The first-order valence-electron chi connectivity index (χ1n) is 4.84. The summed E-state index contributed by atoms with van der Waals surface area (Å²) in [5.41, 5.74) is -1.38. The first-order chi connectivity index (χ1) is 7.86.